The molecular weight excluding hydrogens is 240 g/mol. The highest BCUT2D eigenvalue weighted by atomic mass is 16.1. The molecule has 0 bridgehead atoms. The summed E-state index contributed by atoms with van der Waals surface area (Å²) in [6.07, 6.45) is 3.99. The fraction of sp³-hybridized carbons (Fsp3) is 0.929. The zero-order chi connectivity index (χ0) is 13.8. The molecule has 5 heteroatoms. The quantitative estimate of drug-likeness (QED) is 0.737. The van der Waals surface area contributed by atoms with Crippen molar-refractivity contribution in [2.45, 2.75) is 51.2 Å². The number of primary amides is 1. The van der Waals surface area contributed by atoms with Crippen LogP contribution in [0.15, 0.2) is 0 Å². The molecule has 2 aliphatic heterocycles. The molecule has 5 nitrogen and oxygen atoms in total. The lowest BCUT2D eigenvalue weighted by atomic mass is 9.99. The molecule has 19 heavy (non-hydrogen) atoms. The summed E-state index contributed by atoms with van der Waals surface area (Å²) in [6.45, 7) is 9.38. The van der Waals surface area contributed by atoms with Gasteiger partial charge in [-0.1, -0.05) is 20.3 Å². The Morgan fingerprint density at radius 3 is 2.79 bits per heavy atom. The highest BCUT2D eigenvalue weighted by Gasteiger charge is 2.30. The maximum Gasteiger partial charge on any atom is 0.235 e. The van der Waals surface area contributed by atoms with Crippen LogP contribution in [-0.4, -0.2) is 66.6 Å². The molecule has 0 aromatic heterocycles. The Bertz CT molecular complexity index is 308. The van der Waals surface area contributed by atoms with Crippen LogP contribution in [0.3, 0.4) is 0 Å². The van der Waals surface area contributed by atoms with Crippen molar-refractivity contribution in [3.05, 3.63) is 0 Å². The minimum Gasteiger partial charge on any atom is -0.368 e. The van der Waals surface area contributed by atoms with Gasteiger partial charge in [0.05, 0.1) is 6.04 Å². The number of carbonyl (C=O) groups excluding carboxylic acids is 1. The fourth-order valence-corrected chi connectivity index (χ4v) is 3.27. The largest absolute Gasteiger partial charge is 0.368 e. The fourth-order valence-electron chi connectivity index (χ4n) is 3.27. The molecule has 2 unspecified atom stereocenters. The Hall–Kier alpha value is -0.650. The van der Waals surface area contributed by atoms with Crippen LogP contribution in [0.1, 0.15) is 33.1 Å². The maximum atomic E-state index is 11.5. The van der Waals surface area contributed by atoms with E-state index in [9.17, 15) is 4.79 Å². The molecule has 0 spiro atoms. The standard InChI is InChI=1S/C14H28N4O/c1-11(2)16-13(14(15)19)10-17-7-8-18-6-4-3-5-12(18)9-17/h11-13,16H,3-10H2,1-2H3,(H2,15,19). The monoisotopic (exact) mass is 268 g/mol. The minimum absolute atomic E-state index is 0.227. The van der Waals surface area contributed by atoms with E-state index in [0.717, 1.165) is 26.2 Å². The first kappa shape index (κ1) is 14.8. The number of hydrogen-bond acceptors (Lipinski definition) is 4. The molecule has 2 heterocycles. The van der Waals surface area contributed by atoms with Gasteiger partial charge in [-0.05, 0) is 19.4 Å². The summed E-state index contributed by atoms with van der Waals surface area (Å²) in [5.41, 5.74) is 5.50. The van der Waals surface area contributed by atoms with Gasteiger partial charge >= 0.3 is 0 Å². The van der Waals surface area contributed by atoms with Crippen LogP contribution in [0.2, 0.25) is 0 Å². The van der Waals surface area contributed by atoms with Crippen molar-refractivity contribution in [1.29, 1.82) is 0 Å². The van der Waals surface area contributed by atoms with Crippen LogP contribution >= 0.6 is 0 Å². The summed E-state index contributed by atoms with van der Waals surface area (Å²) < 4.78 is 0. The van der Waals surface area contributed by atoms with Crippen molar-refractivity contribution in [3.8, 4) is 0 Å². The molecule has 0 aromatic rings. The van der Waals surface area contributed by atoms with E-state index in [-0.39, 0.29) is 18.0 Å². The first-order valence-electron chi connectivity index (χ1n) is 7.58. The predicted octanol–water partition coefficient (Wildman–Crippen LogP) is 0.00840. The van der Waals surface area contributed by atoms with E-state index in [1.165, 1.54) is 25.8 Å². The topological polar surface area (TPSA) is 61.6 Å². The van der Waals surface area contributed by atoms with Gasteiger partial charge in [0.2, 0.25) is 5.91 Å². The van der Waals surface area contributed by atoms with Gasteiger partial charge in [-0.15, -0.1) is 0 Å². The van der Waals surface area contributed by atoms with E-state index in [1.807, 2.05) is 0 Å². The van der Waals surface area contributed by atoms with Gasteiger partial charge in [-0.2, -0.15) is 0 Å². The average molecular weight is 268 g/mol. The van der Waals surface area contributed by atoms with Crippen molar-refractivity contribution in [2.24, 2.45) is 5.73 Å². The Labute approximate surface area is 116 Å². The molecule has 110 valence electrons. The van der Waals surface area contributed by atoms with Gasteiger partial charge in [0.1, 0.15) is 0 Å². The van der Waals surface area contributed by atoms with Crippen LogP contribution < -0.4 is 11.1 Å². The van der Waals surface area contributed by atoms with Crippen LogP contribution in [0.5, 0.6) is 0 Å². The summed E-state index contributed by atoms with van der Waals surface area (Å²) >= 11 is 0. The summed E-state index contributed by atoms with van der Waals surface area (Å²) in [4.78, 5) is 16.5. The van der Waals surface area contributed by atoms with Crippen molar-refractivity contribution in [3.63, 3.8) is 0 Å². The van der Waals surface area contributed by atoms with Crippen molar-refractivity contribution in [1.82, 2.24) is 15.1 Å². The van der Waals surface area contributed by atoms with Gasteiger partial charge in [0.15, 0.2) is 0 Å². The lowest BCUT2D eigenvalue weighted by Gasteiger charge is -2.44. The minimum atomic E-state index is -0.236. The lowest BCUT2D eigenvalue weighted by Crippen LogP contribution is -2.59. The van der Waals surface area contributed by atoms with Gasteiger partial charge in [0, 0.05) is 38.3 Å². The zero-order valence-corrected chi connectivity index (χ0v) is 12.3. The number of nitrogens with one attached hydrogen (secondary N) is 1. The van der Waals surface area contributed by atoms with Gasteiger partial charge < -0.3 is 11.1 Å². The first-order chi connectivity index (χ1) is 9.06. The van der Waals surface area contributed by atoms with Crippen LogP contribution in [0.4, 0.5) is 0 Å². The summed E-state index contributed by atoms with van der Waals surface area (Å²) in [5, 5.41) is 3.27. The van der Waals surface area contributed by atoms with E-state index >= 15 is 0 Å². The SMILES string of the molecule is CC(C)NC(CN1CCN2CCCCC2C1)C(N)=O. The van der Waals surface area contributed by atoms with Gasteiger partial charge in [-0.25, -0.2) is 0 Å². The Balaban J connectivity index is 1.86. The molecule has 0 radical (unpaired) electrons. The Kier molecular flexibility index (Phi) is 5.19. The zero-order valence-electron chi connectivity index (χ0n) is 12.3. The van der Waals surface area contributed by atoms with Gasteiger partial charge in [-0.3, -0.25) is 14.6 Å². The molecule has 0 aromatic carbocycles. The second-order valence-electron chi connectivity index (χ2n) is 6.22. The van der Waals surface area contributed by atoms with E-state index in [4.69, 9.17) is 5.73 Å². The van der Waals surface area contributed by atoms with E-state index in [0.29, 0.717) is 6.04 Å². The van der Waals surface area contributed by atoms with Crippen molar-refractivity contribution >= 4 is 5.91 Å². The number of rotatable bonds is 5. The van der Waals surface area contributed by atoms with Crippen LogP contribution in [0, 0.1) is 0 Å². The van der Waals surface area contributed by atoms with Crippen LogP contribution in [0.25, 0.3) is 0 Å². The molecule has 2 saturated heterocycles. The normalized spacial score (nSPS) is 27.2. The molecule has 2 rings (SSSR count). The van der Waals surface area contributed by atoms with Crippen molar-refractivity contribution < 1.29 is 4.79 Å². The molecule has 0 saturated carbocycles. The highest BCUT2D eigenvalue weighted by molar-refractivity contribution is 5.80. The molecular formula is C14H28N4O. The number of nitrogens with zero attached hydrogens (tertiary/aromatic N) is 2. The molecule has 1 amide bonds. The predicted molar refractivity (Wildman–Crippen MR) is 76.9 cm³/mol. The molecule has 2 fully saturated rings. The number of piperazine rings is 1. The average Bonchev–Trinajstić information content (AvgIpc) is 2.37. The third kappa shape index (κ3) is 4.16. The molecule has 2 aliphatic rings. The summed E-state index contributed by atoms with van der Waals surface area (Å²) in [7, 11) is 0. The molecule has 3 N–H and O–H groups in total. The second-order valence-corrected chi connectivity index (χ2v) is 6.22. The highest BCUT2D eigenvalue weighted by Crippen LogP contribution is 2.21. The summed E-state index contributed by atoms with van der Waals surface area (Å²) in [6, 6.07) is 0.749. The second kappa shape index (κ2) is 6.68. The number of carbonyl (C=O) groups is 1. The van der Waals surface area contributed by atoms with Crippen molar-refractivity contribution in [2.75, 3.05) is 32.7 Å². The third-order valence-corrected chi connectivity index (χ3v) is 4.24. The summed E-state index contributed by atoms with van der Waals surface area (Å²) in [5.74, 6) is -0.236. The number of fused-ring (bicyclic) bond motifs is 1. The number of amides is 1. The van der Waals surface area contributed by atoms with Gasteiger partial charge in [0.25, 0.3) is 0 Å². The maximum absolute atomic E-state index is 11.5. The number of hydrogen-bond donors (Lipinski definition) is 2. The molecule has 2 atom stereocenters. The van der Waals surface area contributed by atoms with E-state index in [2.05, 4.69) is 29.0 Å². The first-order valence-corrected chi connectivity index (χ1v) is 7.58. The Morgan fingerprint density at radius 1 is 1.32 bits per heavy atom. The number of piperidine rings is 1. The van der Waals surface area contributed by atoms with Crippen LogP contribution in [-0.2, 0) is 4.79 Å². The van der Waals surface area contributed by atoms with E-state index < -0.39 is 0 Å². The molecule has 0 aliphatic carbocycles. The lowest BCUT2D eigenvalue weighted by molar-refractivity contribution is -0.121. The third-order valence-electron chi connectivity index (χ3n) is 4.24. The number of nitrogens with two attached hydrogens (primary N) is 1. The Morgan fingerprint density at radius 2 is 2.11 bits per heavy atom. The van der Waals surface area contributed by atoms with E-state index in [1.54, 1.807) is 0 Å². The smallest absolute Gasteiger partial charge is 0.235 e.